The molecule has 1 amide bonds. The molecule has 4 rings (SSSR count). The Morgan fingerprint density at radius 3 is 2.44 bits per heavy atom. The molecule has 1 fully saturated rings. The average Bonchev–Trinajstić information content (AvgIpc) is 3.23. The summed E-state index contributed by atoms with van der Waals surface area (Å²) in [5.74, 6) is 0.504. The number of halogens is 2. The average molecular weight is 528 g/mol. The molecule has 2 heterocycles. The molecular formula is C28H31Cl2N3O3. The highest BCUT2D eigenvalue weighted by Crippen LogP contribution is 2.38. The number of carbonyl (C=O) groups excluding carboxylic acids is 1. The molecule has 2 N–H and O–H groups in total. The largest absolute Gasteiger partial charge is 0.394 e. The van der Waals surface area contributed by atoms with Crippen LogP contribution in [0.3, 0.4) is 0 Å². The number of carbonyl (C=O) groups is 1. The molecule has 1 saturated heterocycles. The maximum atomic E-state index is 13.9. The summed E-state index contributed by atoms with van der Waals surface area (Å²) < 4.78 is 0. The molecule has 1 aromatic heterocycles. The Labute approximate surface area is 222 Å². The Bertz CT molecular complexity index is 1260. The Kier molecular flexibility index (Phi) is 7.62. The van der Waals surface area contributed by atoms with Crippen LogP contribution in [-0.4, -0.2) is 53.4 Å². The Hall–Kier alpha value is -2.64. The summed E-state index contributed by atoms with van der Waals surface area (Å²) in [5.41, 5.74) is 3.33. The van der Waals surface area contributed by atoms with Crippen molar-refractivity contribution in [1.29, 1.82) is 0 Å². The first-order valence-electron chi connectivity index (χ1n) is 11.9. The van der Waals surface area contributed by atoms with Gasteiger partial charge in [-0.1, -0.05) is 47.5 Å². The molecule has 3 aromatic rings. The molecule has 1 aliphatic heterocycles. The zero-order valence-corrected chi connectivity index (χ0v) is 22.4. The van der Waals surface area contributed by atoms with Gasteiger partial charge in [0.05, 0.1) is 36.1 Å². The minimum atomic E-state index is -0.911. The number of anilines is 2. The van der Waals surface area contributed by atoms with Crippen molar-refractivity contribution in [3.05, 3.63) is 75.9 Å². The smallest absolute Gasteiger partial charge is 0.236 e. The fourth-order valence-electron chi connectivity index (χ4n) is 4.86. The van der Waals surface area contributed by atoms with Gasteiger partial charge in [-0.25, -0.2) is 4.98 Å². The highest BCUT2D eigenvalue weighted by molar-refractivity contribution is 6.34. The SMILES string of the molecule is Cc1ccccc1-c1cc(N2C[C@H](O)C[C@H]2CO)ncc1N(C)C(=O)C(C)(C)c1cc(Cl)cc(Cl)c1. The van der Waals surface area contributed by atoms with Crippen LogP contribution >= 0.6 is 23.2 Å². The van der Waals surface area contributed by atoms with Gasteiger partial charge < -0.3 is 20.0 Å². The molecule has 2 atom stereocenters. The lowest BCUT2D eigenvalue weighted by molar-refractivity contribution is -0.122. The fraction of sp³-hybridized carbons (Fsp3) is 0.357. The number of amides is 1. The summed E-state index contributed by atoms with van der Waals surface area (Å²) in [5, 5.41) is 21.0. The van der Waals surface area contributed by atoms with Crippen molar-refractivity contribution in [1.82, 2.24) is 4.98 Å². The topological polar surface area (TPSA) is 76.9 Å². The van der Waals surface area contributed by atoms with Crippen LogP contribution in [0.15, 0.2) is 54.7 Å². The molecule has 1 aliphatic rings. The zero-order chi connectivity index (χ0) is 26.2. The summed E-state index contributed by atoms with van der Waals surface area (Å²) in [7, 11) is 1.74. The number of nitrogens with zero attached hydrogens (tertiary/aromatic N) is 3. The van der Waals surface area contributed by atoms with Crippen LogP contribution in [-0.2, 0) is 10.2 Å². The molecule has 0 radical (unpaired) electrons. The summed E-state index contributed by atoms with van der Waals surface area (Å²) in [6.07, 6.45) is 1.64. The van der Waals surface area contributed by atoms with E-state index in [1.807, 2.05) is 56.0 Å². The number of hydrogen-bond donors (Lipinski definition) is 2. The lowest BCUT2D eigenvalue weighted by Gasteiger charge is -2.32. The van der Waals surface area contributed by atoms with E-state index in [0.717, 1.165) is 22.3 Å². The first-order chi connectivity index (χ1) is 17.0. The van der Waals surface area contributed by atoms with Gasteiger partial charge in [0.25, 0.3) is 0 Å². The monoisotopic (exact) mass is 527 g/mol. The van der Waals surface area contributed by atoms with Crippen molar-refractivity contribution >= 4 is 40.6 Å². The third-order valence-electron chi connectivity index (χ3n) is 6.99. The summed E-state index contributed by atoms with van der Waals surface area (Å²) in [6, 6.07) is 14.9. The normalized spacial score (nSPS) is 17.9. The van der Waals surface area contributed by atoms with E-state index in [9.17, 15) is 15.0 Å². The van der Waals surface area contributed by atoms with Gasteiger partial charge >= 0.3 is 0 Å². The van der Waals surface area contributed by atoms with Crippen molar-refractivity contribution in [2.75, 3.05) is 30.0 Å². The van der Waals surface area contributed by atoms with Crippen LogP contribution in [0, 0.1) is 6.92 Å². The summed E-state index contributed by atoms with van der Waals surface area (Å²) in [6.45, 7) is 6.03. The number of hydrogen-bond acceptors (Lipinski definition) is 5. The van der Waals surface area contributed by atoms with Gasteiger partial charge in [-0.3, -0.25) is 4.79 Å². The Morgan fingerprint density at radius 1 is 1.14 bits per heavy atom. The molecule has 36 heavy (non-hydrogen) atoms. The van der Waals surface area contributed by atoms with Gasteiger partial charge in [0, 0.05) is 29.2 Å². The second-order valence-electron chi connectivity index (χ2n) is 9.90. The number of likely N-dealkylation sites (N-methyl/N-ethyl adjacent to an activating group) is 1. The Balaban J connectivity index is 1.79. The highest BCUT2D eigenvalue weighted by Gasteiger charge is 2.36. The first kappa shape index (κ1) is 26.4. The van der Waals surface area contributed by atoms with E-state index >= 15 is 0 Å². The molecule has 0 saturated carbocycles. The van der Waals surface area contributed by atoms with Crippen molar-refractivity contribution in [2.24, 2.45) is 0 Å². The maximum Gasteiger partial charge on any atom is 0.236 e. The quantitative estimate of drug-likeness (QED) is 0.458. The van der Waals surface area contributed by atoms with Crippen molar-refractivity contribution < 1.29 is 15.0 Å². The maximum absolute atomic E-state index is 13.9. The molecule has 0 unspecified atom stereocenters. The minimum absolute atomic E-state index is 0.0744. The zero-order valence-electron chi connectivity index (χ0n) is 20.9. The van der Waals surface area contributed by atoms with Crippen LogP contribution in [0.4, 0.5) is 11.5 Å². The predicted octanol–water partition coefficient (Wildman–Crippen LogP) is 5.24. The van der Waals surface area contributed by atoms with Gasteiger partial charge in [-0.15, -0.1) is 0 Å². The van der Waals surface area contributed by atoms with E-state index in [1.54, 1.807) is 36.3 Å². The number of rotatable bonds is 6. The number of aryl methyl sites for hydroxylation is 1. The van der Waals surface area contributed by atoms with E-state index in [-0.39, 0.29) is 18.6 Å². The molecule has 2 aromatic carbocycles. The molecule has 6 nitrogen and oxygen atoms in total. The third-order valence-corrected chi connectivity index (χ3v) is 7.42. The number of aromatic nitrogens is 1. The van der Waals surface area contributed by atoms with Crippen LogP contribution in [0.2, 0.25) is 10.0 Å². The lowest BCUT2D eigenvalue weighted by atomic mass is 9.83. The van der Waals surface area contributed by atoms with Gasteiger partial charge in [-0.05, 0) is 68.1 Å². The van der Waals surface area contributed by atoms with Crippen LogP contribution in [0.1, 0.15) is 31.4 Å². The van der Waals surface area contributed by atoms with Crippen LogP contribution in [0.5, 0.6) is 0 Å². The minimum Gasteiger partial charge on any atom is -0.394 e. The fourth-order valence-corrected chi connectivity index (χ4v) is 5.39. The van der Waals surface area contributed by atoms with Crippen molar-refractivity contribution in [2.45, 2.75) is 44.8 Å². The standard InChI is InChI=1S/C28H31Cl2N3O3/c1-17-7-5-6-8-23(17)24-13-26(33-15-22(35)12-21(33)16-34)31-14-25(24)32(4)27(36)28(2,3)18-9-19(29)11-20(30)10-18/h5-11,13-14,21-22,34-35H,12,15-16H2,1-4H3/t21-,22+/m0/s1. The predicted molar refractivity (Wildman–Crippen MR) is 146 cm³/mol. The van der Waals surface area contributed by atoms with E-state index in [4.69, 9.17) is 23.2 Å². The van der Waals surface area contributed by atoms with Gasteiger partial charge in [0.15, 0.2) is 0 Å². The molecular weight excluding hydrogens is 497 g/mol. The number of aliphatic hydroxyl groups excluding tert-OH is 2. The molecule has 0 spiro atoms. The van der Waals surface area contributed by atoms with Gasteiger partial charge in [-0.2, -0.15) is 0 Å². The number of benzene rings is 2. The lowest BCUT2D eigenvalue weighted by Crippen LogP contribution is -2.42. The van der Waals surface area contributed by atoms with Crippen LogP contribution < -0.4 is 9.80 Å². The molecule has 0 aliphatic carbocycles. The Morgan fingerprint density at radius 2 is 1.81 bits per heavy atom. The van der Waals surface area contributed by atoms with Gasteiger partial charge in [0.2, 0.25) is 5.91 Å². The highest BCUT2D eigenvalue weighted by atomic mass is 35.5. The molecule has 0 bridgehead atoms. The first-order valence-corrected chi connectivity index (χ1v) is 12.6. The van der Waals surface area contributed by atoms with Crippen LogP contribution in [0.25, 0.3) is 11.1 Å². The van der Waals surface area contributed by atoms with E-state index in [1.165, 1.54) is 0 Å². The molecule has 190 valence electrons. The second-order valence-corrected chi connectivity index (χ2v) is 10.8. The number of aliphatic hydroxyl groups is 2. The van der Waals surface area contributed by atoms with E-state index < -0.39 is 11.5 Å². The van der Waals surface area contributed by atoms with Crippen molar-refractivity contribution in [3.8, 4) is 11.1 Å². The number of β-amino-alcohol motifs (C(OH)–C–C–N with tert-alkyl or cyclic N) is 1. The summed E-state index contributed by atoms with van der Waals surface area (Å²) >= 11 is 12.5. The number of pyridine rings is 1. The molecule has 8 heteroatoms. The third kappa shape index (κ3) is 5.09. The van der Waals surface area contributed by atoms with E-state index in [0.29, 0.717) is 34.5 Å². The second kappa shape index (κ2) is 10.4. The van der Waals surface area contributed by atoms with Crippen molar-refractivity contribution in [3.63, 3.8) is 0 Å². The summed E-state index contributed by atoms with van der Waals surface area (Å²) in [4.78, 5) is 22.1. The van der Waals surface area contributed by atoms with E-state index in [2.05, 4.69) is 4.98 Å². The van der Waals surface area contributed by atoms with Gasteiger partial charge in [0.1, 0.15) is 5.82 Å².